The summed E-state index contributed by atoms with van der Waals surface area (Å²) in [6.07, 6.45) is 5.77. The van der Waals surface area contributed by atoms with E-state index in [2.05, 4.69) is 0 Å². The molecule has 3 atom stereocenters. The first-order valence-electron chi connectivity index (χ1n) is 9.48. The van der Waals surface area contributed by atoms with E-state index < -0.39 is 29.9 Å². The van der Waals surface area contributed by atoms with Gasteiger partial charge >= 0.3 is 5.97 Å². The van der Waals surface area contributed by atoms with Crippen LogP contribution in [-0.2, 0) is 19.2 Å². The number of carbonyl (C=O) groups is 4. The third-order valence-electron chi connectivity index (χ3n) is 5.56. The highest BCUT2D eigenvalue weighted by molar-refractivity contribution is 7.23. The molecule has 0 unspecified atom stereocenters. The maximum absolute atomic E-state index is 13.5. The second kappa shape index (κ2) is 7.79. The van der Waals surface area contributed by atoms with Crippen molar-refractivity contribution in [1.29, 1.82) is 0 Å². The highest BCUT2D eigenvalue weighted by Gasteiger charge is 2.45. The molecule has 2 amide bonds. The minimum Gasteiger partial charge on any atom is -0.480 e. The number of fused-ring (bicyclic) bond motifs is 2. The number of benzene rings is 1. The summed E-state index contributed by atoms with van der Waals surface area (Å²) in [4.78, 5) is 51.8. The van der Waals surface area contributed by atoms with Crippen molar-refractivity contribution in [2.24, 2.45) is 0 Å². The third-order valence-corrected chi connectivity index (χ3v) is 6.68. The summed E-state index contributed by atoms with van der Waals surface area (Å²) < 4.78 is 0.933. The quantitative estimate of drug-likeness (QED) is 0.473. The normalized spacial score (nSPS) is 24.1. The third kappa shape index (κ3) is 3.44. The van der Waals surface area contributed by atoms with Gasteiger partial charge in [0.25, 0.3) is 5.91 Å². The average molecular weight is 412 g/mol. The molecule has 29 heavy (non-hydrogen) atoms. The second-order valence-electron chi connectivity index (χ2n) is 7.24. The van der Waals surface area contributed by atoms with Gasteiger partial charge in [0, 0.05) is 10.7 Å². The van der Waals surface area contributed by atoms with E-state index in [4.69, 9.17) is 0 Å². The Kier molecular flexibility index (Phi) is 5.19. The first kappa shape index (κ1) is 19.3. The molecule has 7 nitrogen and oxygen atoms in total. The molecule has 8 heteroatoms. The summed E-state index contributed by atoms with van der Waals surface area (Å²) in [5.41, 5.74) is 0. The van der Waals surface area contributed by atoms with Gasteiger partial charge < -0.3 is 10.0 Å². The Balaban J connectivity index is 1.78. The Labute approximate surface area is 171 Å². The molecule has 1 aromatic carbocycles. The minimum atomic E-state index is -1.04. The number of aliphatic carboxylic acids is 1. The first-order chi connectivity index (χ1) is 14.0. The summed E-state index contributed by atoms with van der Waals surface area (Å²) in [6.45, 7) is 0. The molecule has 2 aliphatic rings. The van der Waals surface area contributed by atoms with Gasteiger partial charge in [-0.3, -0.25) is 19.3 Å². The molecule has 1 saturated heterocycles. The van der Waals surface area contributed by atoms with Crippen LogP contribution < -0.4 is 4.90 Å². The first-order valence-corrected chi connectivity index (χ1v) is 10.3. The van der Waals surface area contributed by atoms with Crippen molar-refractivity contribution >= 4 is 50.5 Å². The Morgan fingerprint density at radius 1 is 1.17 bits per heavy atom. The van der Waals surface area contributed by atoms with Crippen molar-refractivity contribution in [1.82, 2.24) is 4.90 Å². The lowest BCUT2D eigenvalue weighted by atomic mass is 10.0. The van der Waals surface area contributed by atoms with Crippen molar-refractivity contribution < 1.29 is 24.3 Å². The van der Waals surface area contributed by atoms with Crippen LogP contribution in [0, 0.1) is 0 Å². The zero-order chi connectivity index (χ0) is 20.5. The number of rotatable bonds is 4. The lowest BCUT2D eigenvalue weighted by molar-refractivity contribution is -0.150. The lowest BCUT2D eigenvalue weighted by Crippen LogP contribution is -2.56. The molecule has 0 bridgehead atoms. The molecular weight excluding hydrogens is 392 g/mol. The number of carboxylic acids is 1. The number of carboxylic acid groups (broad SMARTS) is 1. The highest BCUT2D eigenvalue weighted by atomic mass is 32.1. The summed E-state index contributed by atoms with van der Waals surface area (Å²) in [5, 5.41) is 11.0. The molecule has 0 aliphatic carbocycles. The summed E-state index contributed by atoms with van der Waals surface area (Å²) >= 11 is 1.32. The van der Waals surface area contributed by atoms with Gasteiger partial charge in [0.1, 0.15) is 12.1 Å². The zero-order valence-electron chi connectivity index (χ0n) is 15.6. The molecule has 2 aliphatic heterocycles. The van der Waals surface area contributed by atoms with Gasteiger partial charge in [0.2, 0.25) is 12.2 Å². The molecule has 3 heterocycles. The Hall–Kier alpha value is -3.00. The van der Waals surface area contributed by atoms with E-state index in [0.29, 0.717) is 24.3 Å². The lowest BCUT2D eigenvalue weighted by Gasteiger charge is -2.36. The van der Waals surface area contributed by atoms with Crippen molar-refractivity contribution in [3.8, 4) is 0 Å². The van der Waals surface area contributed by atoms with E-state index in [1.165, 1.54) is 21.1 Å². The zero-order valence-corrected chi connectivity index (χ0v) is 16.4. The van der Waals surface area contributed by atoms with Gasteiger partial charge in [-0.05, 0) is 43.2 Å². The van der Waals surface area contributed by atoms with Crippen LogP contribution in [0.5, 0.6) is 0 Å². The molecular formula is C21H20N2O5S. The molecule has 4 rings (SSSR count). The van der Waals surface area contributed by atoms with Gasteiger partial charge in [-0.25, -0.2) is 4.79 Å². The van der Waals surface area contributed by atoms with E-state index in [1.807, 2.05) is 36.4 Å². The molecule has 1 fully saturated rings. The van der Waals surface area contributed by atoms with E-state index in [-0.39, 0.29) is 18.7 Å². The predicted octanol–water partition coefficient (Wildman–Crippen LogP) is 2.60. The fourth-order valence-electron chi connectivity index (χ4n) is 4.22. The molecule has 0 saturated carbocycles. The maximum Gasteiger partial charge on any atom is 0.326 e. The number of hydrogen-bond acceptors (Lipinski definition) is 5. The smallest absolute Gasteiger partial charge is 0.326 e. The van der Waals surface area contributed by atoms with Crippen LogP contribution in [-0.4, -0.2) is 52.2 Å². The van der Waals surface area contributed by atoms with Crippen LogP contribution in [0.1, 0.15) is 25.7 Å². The van der Waals surface area contributed by atoms with Gasteiger partial charge in [-0.15, -0.1) is 11.3 Å². The Bertz CT molecular complexity index is 980. The van der Waals surface area contributed by atoms with Crippen molar-refractivity contribution in [3.63, 3.8) is 0 Å². The largest absolute Gasteiger partial charge is 0.480 e. The fraction of sp³-hybridized carbons (Fsp3) is 0.333. The Morgan fingerprint density at radius 3 is 2.66 bits per heavy atom. The van der Waals surface area contributed by atoms with Gasteiger partial charge in [-0.2, -0.15) is 0 Å². The van der Waals surface area contributed by atoms with Crippen molar-refractivity contribution in [3.05, 3.63) is 42.5 Å². The summed E-state index contributed by atoms with van der Waals surface area (Å²) in [7, 11) is 0. The number of carbonyl (C=O) groups excluding carboxylic acids is 3. The van der Waals surface area contributed by atoms with Crippen molar-refractivity contribution in [2.45, 2.75) is 43.8 Å². The van der Waals surface area contributed by atoms with E-state index in [1.54, 1.807) is 6.07 Å². The summed E-state index contributed by atoms with van der Waals surface area (Å²) in [6, 6.07) is 7.27. The maximum atomic E-state index is 13.5. The SMILES string of the molecule is O=CC(=O)N(c1cc2ccccc2s1)[C@H]1CC=CC[C@@H]2CC[C@@H](C(=O)O)N2C1=O. The predicted molar refractivity (Wildman–Crippen MR) is 109 cm³/mol. The van der Waals surface area contributed by atoms with E-state index in [9.17, 15) is 24.3 Å². The molecule has 2 aromatic rings. The van der Waals surface area contributed by atoms with E-state index >= 15 is 0 Å². The number of aldehydes is 1. The van der Waals surface area contributed by atoms with Crippen LogP contribution in [0.15, 0.2) is 42.5 Å². The van der Waals surface area contributed by atoms with Gasteiger partial charge in [0.05, 0.1) is 5.00 Å². The number of amides is 2. The fourth-order valence-corrected chi connectivity index (χ4v) is 5.33. The molecule has 1 aromatic heterocycles. The Morgan fingerprint density at radius 2 is 1.93 bits per heavy atom. The van der Waals surface area contributed by atoms with E-state index in [0.717, 1.165) is 10.1 Å². The van der Waals surface area contributed by atoms with Crippen LogP contribution in [0.25, 0.3) is 10.1 Å². The van der Waals surface area contributed by atoms with Crippen LogP contribution in [0.2, 0.25) is 0 Å². The highest BCUT2D eigenvalue weighted by Crippen LogP contribution is 2.36. The van der Waals surface area contributed by atoms with Gasteiger partial charge in [0.15, 0.2) is 0 Å². The van der Waals surface area contributed by atoms with Crippen molar-refractivity contribution in [2.75, 3.05) is 4.90 Å². The summed E-state index contributed by atoms with van der Waals surface area (Å²) in [5.74, 6) is -2.28. The van der Waals surface area contributed by atoms with Crippen LogP contribution in [0.3, 0.4) is 0 Å². The second-order valence-corrected chi connectivity index (χ2v) is 8.30. The molecule has 0 spiro atoms. The number of nitrogens with zero attached hydrogens (tertiary/aromatic N) is 2. The molecule has 0 radical (unpaired) electrons. The number of thiophene rings is 1. The number of anilines is 1. The standard InChI is InChI=1S/C21H20N2O5S/c24-12-18(25)23(19-11-13-5-1-4-8-17(13)29-19)15-7-3-2-6-14-9-10-16(21(27)28)22(14)20(15)26/h1-5,8,11-12,14-16H,6-7,9-10H2,(H,27,28)/t14-,15+,16+/m1/s1. The average Bonchev–Trinajstić information content (AvgIpc) is 3.31. The monoisotopic (exact) mass is 412 g/mol. The number of hydrogen-bond donors (Lipinski definition) is 1. The van der Waals surface area contributed by atoms with Crippen LogP contribution in [0.4, 0.5) is 5.00 Å². The van der Waals surface area contributed by atoms with Gasteiger partial charge in [-0.1, -0.05) is 30.4 Å². The molecule has 150 valence electrons. The molecule has 1 N–H and O–H groups in total. The topological polar surface area (TPSA) is 95.0 Å². The van der Waals surface area contributed by atoms with Crippen LogP contribution >= 0.6 is 11.3 Å². The minimum absolute atomic E-state index is 0.205.